The van der Waals surface area contributed by atoms with Crippen molar-refractivity contribution in [2.45, 2.75) is 44.6 Å². The van der Waals surface area contributed by atoms with Crippen LogP contribution in [0.3, 0.4) is 0 Å². The average molecular weight is 310 g/mol. The monoisotopic (exact) mass is 310 g/mol. The van der Waals surface area contributed by atoms with Crippen LogP contribution in [0.5, 0.6) is 0 Å². The highest BCUT2D eigenvalue weighted by Crippen LogP contribution is 2.24. The van der Waals surface area contributed by atoms with Crippen LogP contribution in [0.1, 0.15) is 37.8 Å². The number of hydrogen-bond acceptors (Lipinski definition) is 3. The van der Waals surface area contributed by atoms with Crippen LogP contribution in [0.15, 0.2) is 23.1 Å². The van der Waals surface area contributed by atoms with E-state index in [-0.39, 0.29) is 16.7 Å². The Morgan fingerprint density at radius 2 is 1.95 bits per heavy atom. The molecule has 21 heavy (non-hydrogen) atoms. The Morgan fingerprint density at radius 3 is 2.52 bits per heavy atom. The van der Waals surface area contributed by atoms with Gasteiger partial charge in [-0.1, -0.05) is 19.9 Å². The summed E-state index contributed by atoms with van der Waals surface area (Å²) in [7, 11) is -3.70. The number of sulfonamides is 1. The lowest BCUT2D eigenvalue weighted by Crippen LogP contribution is -2.39. The van der Waals surface area contributed by atoms with Gasteiger partial charge in [-0.15, -0.1) is 0 Å². The number of carbonyl (C=O) groups excluding carboxylic acids is 1. The SMILES string of the molecule is CCC(CC)C(=O)N1CCc2ccc(S(N)(=O)=O)cc2C1. The van der Waals surface area contributed by atoms with Gasteiger partial charge < -0.3 is 4.90 Å². The van der Waals surface area contributed by atoms with Gasteiger partial charge in [0.25, 0.3) is 0 Å². The first-order chi connectivity index (χ1) is 9.86. The fourth-order valence-corrected chi connectivity index (χ4v) is 3.36. The van der Waals surface area contributed by atoms with Gasteiger partial charge in [-0.3, -0.25) is 4.79 Å². The minimum Gasteiger partial charge on any atom is -0.338 e. The molecule has 2 rings (SSSR count). The van der Waals surface area contributed by atoms with Gasteiger partial charge in [0.05, 0.1) is 4.90 Å². The highest BCUT2D eigenvalue weighted by Gasteiger charge is 2.26. The normalized spacial score (nSPS) is 15.1. The van der Waals surface area contributed by atoms with Crippen LogP contribution in [-0.4, -0.2) is 25.8 Å². The van der Waals surface area contributed by atoms with Gasteiger partial charge in [0.2, 0.25) is 15.9 Å². The van der Waals surface area contributed by atoms with Crippen molar-refractivity contribution in [2.24, 2.45) is 11.1 Å². The number of amides is 1. The summed E-state index contributed by atoms with van der Waals surface area (Å²) in [4.78, 5) is 14.4. The van der Waals surface area contributed by atoms with Crippen molar-refractivity contribution in [2.75, 3.05) is 6.54 Å². The molecule has 0 aliphatic carbocycles. The van der Waals surface area contributed by atoms with Gasteiger partial charge in [0.15, 0.2) is 0 Å². The number of nitrogens with zero attached hydrogens (tertiary/aromatic N) is 1. The number of primary sulfonamides is 1. The smallest absolute Gasteiger partial charge is 0.238 e. The summed E-state index contributed by atoms with van der Waals surface area (Å²) in [5.74, 6) is 0.208. The molecule has 2 N–H and O–H groups in total. The summed E-state index contributed by atoms with van der Waals surface area (Å²) >= 11 is 0. The molecule has 1 aliphatic rings. The van der Waals surface area contributed by atoms with Gasteiger partial charge in [-0.25, -0.2) is 13.6 Å². The van der Waals surface area contributed by atoms with Crippen molar-refractivity contribution < 1.29 is 13.2 Å². The molecule has 0 fully saturated rings. The maximum Gasteiger partial charge on any atom is 0.238 e. The number of hydrogen-bond donors (Lipinski definition) is 1. The van der Waals surface area contributed by atoms with Crippen molar-refractivity contribution in [3.63, 3.8) is 0 Å². The number of benzene rings is 1. The molecular weight excluding hydrogens is 288 g/mol. The van der Waals surface area contributed by atoms with E-state index in [1.54, 1.807) is 12.1 Å². The van der Waals surface area contributed by atoms with Crippen molar-refractivity contribution >= 4 is 15.9 Å². The van der Waals surface area contributed by atoms with E-state index in [4.69, 9.17) is 5.14 Å². The summed E-state index contributed by atoms with van der Waals surface area (Å²) in [5.41, 5.74) is 1.98. The average Bonchev–Trinajstić information content (AvgIpc) is 2.46. The predicted molar refractivity (Wildman–Crippen MR) is 81.0 cm³/mol. The van der Waals surface area contributed by atoms with Crippen LogP contribution < -0.4 is 5.14 Å². The van der Waals surface area contributed by atoms with E-state index in [9.17, 15) is 13.2 Å². The molecular formula is C15H22N2O3S. The lowest BCUT2D eigenvalue weighted by atomic mass is 9.96. The molecule has 0 saturated carbocycles. The van der Waals surface area contributed by atoms with Crippen molar-refractivity contribution in [1.29, 1.82) is 0 Å². The Labute approximate surface area is 126 Å². The maximum absolute atomic E-state index is 12.4. The Bertz CT molecular complexity index is 636. The van der Waals surface area contributed by atoms with Gasteiger partial charge in [0, 0.05) is 19.0 Å². The standard InChI is InChI=1S/C15H22N2O3S/c1-3-11(4-2)15(18)17-8-7-12-5-6-14(21(16,19)20)9-13(12)10-17/h5-6,9,11H,3-4,7-8,10H2,1-2H3,(H2,16,19,20). The molecule has 1 aromatic rings. The summed E-state index contributed by atoms with van der Waals surface area (Å²) in [6.07, 6.45) is 2.41. The second-order valence-electron chi connectivity index (χ2n) is 5.50. The van der Waals surface area contributed by atoms with E-state index in [2.05, 4.69) is 0 Å². The minimum atomic E-state index is -3.70. The third-order valence-electron chi connectivity index (χ3n) is 4.17. The zero-order valence-electron chi connectivity index (χ0n) is 12.5. The van der Waals surface area contributed by atoms with Crippen LogP contribution in [0, 0.1) is 5.92 Å². The first-order valence-electron chi connectivity index (χ1n) is 7.30. The van der Waals surface area contributed by atoms with E-state index in [1.807, 2.05) is 18.7 Å². The molecule has 6 heteroatoms. The van der Waals surface area contributed by atoms with Crippen LogP contribution in [0.25, 0.3) is 0 Å². The van der Waals surface area contributed by atoms with Crippen LogP contribution in [0.2, 0.25) is 0 Å². The molecule has 5 nitrogen and oxygen atoms in total. The minimum absolute atomic E-state index is 0.0490. The van der Waals surface area contributed by atoms with E-state index < -0.39 is 10.0 Å². The zero-order chi connectivity index (χ0) is 15.6. The Kier molecular flexibility index (Phi) is 4.68. The summed E-state index contributed by atoms with van der Waals surface area (Å²) in [6, 6.07) is 4.93. The zero-order valence-corrected chi connectivity index (χ0v) is 13.3. The quantitative estimate of drug-likeness (QED) is 0.918. The predicted octanol–water partition coefficient (Wildman–Crippen LogP) is 1.65. The lowest BCUT2D eigenvalue weighted by Gasteiger charge is -2.31. The largest absolute Gasteiger partial charge is 0.338 e. The van der Waals surface area contributed by atoms with Crippen molar-refractivity contribution in [3.8, 4) is 0 Å². The van der Waals surface area contributed by atoms with Crippen LogP contribution >= 0.6 is 0 Å². The van der Waals surface area contributed by atoms with E-state index >= 15 is 0 Å². The molecule has 1 aromatic carbocycles. The molecule has 116 valence electrons. The maximum atomic E-state index is 12.4. The summed E-state index contributed by atoms with van der Waals surface area (Å²) in [6.45, 7) is 5.19. The number of fused-ring (bicyclic) bond motifs is 1. The Morgan fingerprint density at radius 1 is 1.29 bits per heavy atom. The Hall–Kier alpha value is -1.40. The summed E-state index contributed by atoms with van der Waals surface area (Å²) in [5, 5.41) is 5.17. The highest BCUT2D eigenvalue weighted by molar-refractivity contribution is 7.89. The second kappa shape index (κ2) is 6.15. The van der Waals surface area contributed by atoms with Crippen LogP contribution in [0.4, 0.5) is 0 Å². The molecule has 0 unspecified atom stereocenters. The highest BCUT2D eigenvalue weighted by atomic mass is 32.2. The van der Waals surface area contributed by atoms with Crippen molar-refractivity contribution in [1.82, 2.24) is 4.90 Å². The summed E-state index contributed by atoms with van der Waals surface area (Å²) < 4.78 is 22.9. The van der Waals surface area contributed by atoms with Gasteiger partial charge >= 0.3 is 0 Å². The third-order valence-corrected chi connectivity index (χ3v) is 5.08. The first-order valence-corrected chi connectivity index (χ1v) is 8.84. The number of rotatable bonds is 4. The number of nitrogens with two attached hydrogens (primary N) is 1. The van der Waals surface area contributed by atoms with E-state index in [1.165, 1.54) is 6.07 Å². The lowest BCUT2D eigenvalue weighted by molar-refractivity contribution is -0.136. The molecule has 0 bridgehead atoms. The van der Waals surface area contributed by atoms with E-state index in [0.29, 0.717) is 13.1 Å². The number of carbonyl (C=O) groups is 1. The topological polar surface area (TPSA) is 80.5 Å². The van der Waals surface area contributed by atoms with Gasteiger partial charge in [-0.2, -0.15) is 0 Å². The molecule has 0 atom stereocenters. The molecule has 0 spiro atoms. The Balaban J connectivity index is 2.25. The molecule has 1 heterocycles. The second-order valence-corrected chi connectivity index (χ2v) is 7.06. The fourth-order valence-electron chi connectivity index (χ4n) is 2.79. The molecule has 0 saturated heterocycles. The third kappa shape index (κ3) is 3.44. The molecule has 0 radical (unpaired) electrons. The van der Waals surface area contributed by atoms with E-state index in [0.717, 1.165) is 30.4 Å². The first kappa shape index (κ1) is 16.0. The fraction of sp³-hybridized carbons (Fsp3) is 0.533. The molecule has 1 aliphatic heterocycles. The van der Waals surface area contributed by atoms with Gasteiger partial charge in [-0.05, 0) is 42.5 Å². The van der Waals surface area contributed by atoms with Crippen LogP contribution in [-0.2, 0) is 27.8 Å². The van der Waals surface area contributed by atoms with Crippen molar-refractivity contribution in [3.05, 3.63) is 29.3 Å². The molecule has 1 amide bonds. The van der Waals surface area contributed by atoms with Gasteiger partial charge in [0.1, 0.15) is 0 Å². The molecule has 0 aromatic heterocycles.